The van der Waals surface area contributed by atoms with E-state index in [1.165, 1.54) is 7.11 Å². The van der Waals surface area contributed by atoms with Crippen LogP contribution in [0.1, 0.15) is 24.1 Å². The fraction of sp³-hybridized carbons (Fsp3) is 0.400. The molecule has 3 nitrogen and oxygen atoms in total. The molecule has 0 aromatic heterocycles. The van der Waals surface area contributed by atoms with Crippen molar-refractivity contribution in [3.8, 4) is 11.5 Å². The smallest absolute Gasteiger partial charge is 0.160 e. The van der Waals surface area contributed by atoms with Crippen LogP contribution < -0.4 is 10.5 Å². The first-order chi connectivity index (χ1) is 6.06. The highest BCUT2D eigenvalue weighted by atomic mass is 16.5. The normalized spacial score (nSPS) is 12.6. The number of aromatic hydroxyl groups is 1. The third-order valence-electron chi connectivity index (χ3n) is 2.06. The summed E-state index contributed by atoms with van der Waals surface area (Å²) in [4.78, 5) is 0. The van der Waals surface area contributed by atoms with E-state index >= 15 is 0 Å². The number of phenolic OH excluding ortho intramolecular Hbond substituents is 1. The summed E-state index contributed by atoms with van der Waals surface area (Å²) < 4.78 is 4.99. The number of ether oxygens (including phenoxy) is 1. The van der Waals surface area contributed by atoms with Gasteiger partial charge in [-0.3, -0.25) is 0 Å². The maximum Gasteiger partial charge on any atom is 0.160 e. The molecular weight excluding hydrogens is 166 g/mol. The van der Waals surface area contributed by atoms with Crippen LogP contribution in [-0.4, -0.2) is 12.2 Å². The lowest BCUT2D eigenvalue weighted by atomic mass is 10.0. The predicted molar refractivity (Wildman–Crippen MR) is 52.0 cm³/mol. The van der Waals surface area contributed by atoms with Gasteiger partial charge < -0.3 is 15.6 Å². The second-order valence-electron chi connectivity index (χ2n) is 3.17. The van der Waals surface area contributed by atoms with E-state index in [4.69, 9.17) is 10.5 Å². The van der Waals surface area contributed by atoms with Crippen LogP contribution in [0.4, 0.5) is 0 Å². The first kappa shape index (κ1) is 9.86. The van der Waals surface area contributed by atoms with Crippen molar-refractivity contribution >= 4 is 0 Å². The van der Waals surface area contributed by atoms with Crippen LogP contribution in [0.15, 0.2) is 12.1 Å². The Hall–Kier alpha value is -1.22. The molecule has 0 aliphatic carbocycles. The van der Waals surface area contributed by atoms with Crippen molar-refractivity contribution in [1.29, 1.82) is 0 Å². The molecule has 13 heavy (non-hydrogen) atoms. The second kappa shape index (κ2) is 3.66. The van der Waals surface area contributed by atoms with Gasteiger partial charge in [0, 0.05) is 6.04 Å². The van der Waals surface area contributed by atoms with Crippen LogP contribution in [0.3, 0.4) is 0 Å². The van der Waals surface area contributed by atoms with E-state index in [9.17, 15) is 5.11 Å². The molecule has 0 fully saturated rings. The van der Waals surface area contributed by atoms with E-state index < -0.39 is 0 Å². The molecule has 1 unspecified atom stereocenters. The van der Waals surface area contributed by atoms with E-state index in [1.807, 2.05) is 13.8 Å². The molecule has 0 saturated heterocycles. The van der Waals surface area contributed by atoms with Gasteiger partial charge in [-0.2, -0.15) is 0 Å². The number of methoxy groups -OCH3 is 1. The largest absolute Gasteiger partial charge is 0.504 e. The maximum atomic E-state index is 9.43. The summed E-state index contributed by atoms with van der Waals surface area (Å²) in [5, 5.41) is 9.43. The van der Waals surface area contributed by atoms with Crippen LogP contribution in [0, 0.1) is 6.92 Å². The number of benzene rings is 1. The Labute approximate surface area is 78.1 Å². The Balaban J connectivity index is 3.22. The number of hydrogen-bond acceptors (Lipinski definition) is 3. The molecule has 0 spiro atoms. The molecule has 0 heterocycles. The molecule has 0 aliphatic rings. The van der Waals surface area contributed by atoms with Gasteiger partial charge in [0.15, 0.2) is 11.5 Å². The third kappa shape index (κ3) is 1.92. The molecule has 1 atom stereocenters. The van der Waals surface area contributed by atoms with Crippen LogP contribution in [-0.2, 0) is 0 Å². The molecule has 0 saturated carbocycles. The highest BCUT2D eigenvalue weighted by Gasteiger charge is 2.09. The third-order valence-corrected chi connectivity index (χ3v) is 2.06. The summed E-state index contributed by atoms with van der Waals surface area (Å²) in [7, 11) is 1.52. The van der Waals surface area contributed by atoms with Crippen LogP contribution in [0.5, 0.6) is 11.5 Å². The lowest BCUT2D eigenvalue weighted by Gasteiger charge is -2.12. The summed E-state index contributed by atoms with van der Waals surface area (Å²) in [5.74, 6) is 0.627. The zero-order chi connectivity index (χ0) is 10.0. The van der Waals surface area contributed by atoms with Gasteiger partial charge in [-0.15, -0.1) is 0 Å². The molecular formula is C10H15NO2. The highest BCUT2D eigenvalue weighted by molar-refractivity contribution is 5.46. The standard InChI is InChI=1S/C10H15NO2/c1-6-4-9(12)10(13-3)5-8(6)7(2)11/h4-5,7,12H,11H2,1-3H3. The molecule has 1 aromatic carbocycles. The van der Waals surface area contributed by atoms with Gasteiger partial charge in [0.2, 0.25) is 0 Å². The molecule has 3 N–H and O–H groups in total. The summed E-state index contributed by atoms with van der Waals surface area (Å²) in [5.41, 5.74) is 7.73. The fourth-order valence-corrected chi connectivity index (χ4v) is 1.34. The average molecular weight is 181 g/mol. The van der Waals surface area contributed by atoms with Gasteiger partial charge in [0.05, 0.1) is 7.11 Å². The Morgan fingerprint density at radius 2 is 2.08 bits per heavy atom. The average Bonchev–Trinajstić information content (AvgIpc) is 2.03. The first-order valence-electron chi connectivity index (χ1n) is 4.19. The van der Waals surface area contributed by atoms with E-state index in [1.54, 1.807) is 12.1 Å². The van der Waals surface area contributed by atoms with E-state index in [0.29, 0.717) is 5.75 Å². The maximum absolute atomic E-state index is 9.43. The van der Waals surface area contributed by atoms with Crippen molar-refractivity contribution < 1.29 is 9.84 Å². The molecule has 0 bridgehead atoms. The van der Waals surface area contributed by atoms with Crippen molar-refractivity contribution in [3.63, 3.8) is 0 Å². The van der Waals surface area contributed by atoms with Crippen molar-refractivity contribution in [1.82, 2.24) is 0 Å². The van der Waals surface area contributed by atoms with Gasteiger partial charge in [-0.1, -0.05) is 0 Å². The molecule has 0 aliphatic heterocycles. The van der Waals surface area contributed by atoms with E-state index in [2.05, 4.69) is 0 Å². The topological polar surface area (TPSA) is 55.5 Å². The zero-order valence-corrected chi connectivity index (χ0v) is 8.16. The minimum absolute atomic E-state index is 0.0468. The Bertz CT molecular complexity index is 308. The molecule has 0 amide bonds. The molecule has 1 rings (SSSR count). The number of phenols is 1. The lowest BCUT2D eigenvalue weighted by Crippen LogP contribution is -2.07. The minimum Gasteiger partial charge on any atom is -0.504 e. The Morgan fingerprint density at radius 3 is 2.54 bits per heavy atom. The van der Waals surface area contributed by atoms with Crippen molar-refractivity contribution in [3.05, 3.63) is 23.3 Å². The quantitative estimate of drug-likeness (QED) is 0.730. The molecule has 1 aromatic rings. The van der Waals surface area contributed by atoms with Crippen molar-refractivity contribution in [2.45, 2.75) is 19.9 Å². The van der Waals surface area contributed by atoms with Gasteiger partial charge in [0.25, 0.3) is 0 Å². The molecule has 72 valence electrons. The first-order valence-corrected chi connectivity index (χ1v) is 4.19. The van der Waals surface area contributed by atoms with Crippen LogP contribution >= 0.6 is 0 Å². The lowest BCUT2D eigenvalue weighted by molar-refractivity contribution is 0.372. The zero-order valence-electron chi connectivity index (χ0n) is 8.16. The fourth-order valence-electron chi connectivity index (χ4n) is 1.34. The minimum atomic E-state index is -0.0468. The van der Waals surface area contributed by atoms with Crippen molar-refractivity contribution in [2.24, 2.45) is 5.73 Å². The highest BCUT2D eigenvalue weighted by Crippen LogP contribution is 2.31. The van der Waals surface area contributed by atoms with Crippen molar-refractivity contribution in [2.75, 3.05) is 7.11 Å². The second-order valence-corrected chi connectivity index (χ2v) is 3.17. The predicted octanol–water partition coefficient (Wildman–Crippen LogP) is 1.73. The van der Waals surface area contributed by atoms with Gasteiger partial charge in [-0.25, -0.2) is 0 Å². The number of nitrogens with two attached hydrogens (primary N) is 1. The summed E-state index contributed by atoms with van der Waals surface area (Å²) in [6.45, 7) is 3.82. The van der Waals surface area contributed by atoms with E-state index in [0.717, 1.165) is 11.1 Å². The van der Waals surface area contributed by atoms with Gasteiger partial charge >= 0.3 is 0 Å². The summed E-state index contributed by atoms with van der Waals surface area (Å²) >= 11 is 0. The SMILES string of the molecule is COc1cc(C(C)N)c(C)cc1O. The summed E-state index contributed by atoms with van der Waals surface area (Å²) in [6, 6.07) is 3.39. The monoisotopic (exact) mass is 181 g/mol. The molecule has 3 heteroatoms. The number of rotatable bonds is 2. The Morgan fingerprint density at radius 1 is 1.46 bits per heavy atom. The summed E-state index contributed by atoms with van der Waals surface area (Å²) in [6.07, 6.45) is 0. The van der Waals surface area contributed by atoms with Gasteiger partial charge in [-0.05, 0) is 37.1 Å². The van der Waals surface area contributed by atoms with E-state index in [-0.39, 0.29) is 11.8 Å². The van der Waals surface area contributed by atoms with Gasteiger partial charge in [0.1, 0.15) is 0 Å². The van der Waals surface area contributed by atoms with Crippen LogP contribution in [0.2, 0.25) is 0 Å². The number of hydrogen-bond donors (Lipinski definition) is 2. The van der Waals surface area contributed by atoms with Crippen LogP contribution in [0.25, 0.3) is 0 Å². The number of aryl methyl sites for hydroxylation is 1. The molecule has 0 radical (unpaired) electrons. The Kier molecular flexibility index (Phi) is 2.78.